The summed E-state index contributed by atoms with van der Waals surface area (Å²) in [5.41, 5.74) is 3.89. The standard InChI is InChI=1S/C26H20ClN5O/c27-21-13-11-19(12-14-21)17-31-16-15-24(29-31)28-26(33)23-18-32(22-9-5-2-6-10-22)30-25(23)20-7-3-1-4-8-20/h1-16,18H,17H2,(H,28,29,33). The van der Waals surface area contributed by atoms with Gasteiger partial charge in [0.15, 0.2) is 5.82 Å². The first-order valence-electron chi connectivity index (χ1n) is 10.5. The summed E-state index contributed by atoms with van der Waals surface area (Å²) in [5, 5.41) is 12.8. The van der Waals surface area contributed by atoms with Gasteiger partial charge in [-0.15, -0.1) is 0 Å². The van der Waals surface area contributed by atoms with Crippen LogP contribution in [0.3, 0.4) is 0 Å². The van der Waals surface area contributed by atoms with Gasteiger partial charge >= 0.3 is 0 Å². The molecule has 0 saturated carbocycles. The van der Waals surface area contributed by atoms with Crippen LogP contribution in [-0.4, -0.2) is 25.5 Å². The van der Waals surface area contributed by atoms with Crippen molar-refractivity contribution >= 4 is 23.3 Å². The Hall–Kier alpha value is -4.16. The molecule has 0 aliphatic carbocycles. The van der Waals surface area contributed by atoms with Gasteiger partial charge in [-0.25, -0.2) is 4.68 Å². The number of hydrogen-bond donors (Lipinski definition) is 1. The van der Waals surface area contributed by atoms with Crippen LogP contribution < -0.4 is 5.32 Å². The molecule has 0 fully saturated rings. The van der Waals surface area contributed by atoms with Crippen LogP contribution in [0.25, 0.3) is 16.9 Å². The van der Waals surface area contributed by atoms with Crippen LogP contribution in [0.2, 0.25) is 5.02 Å². The molecule has 1 amide bonds. The number of nitrogens with one attached hydrogen (secondary N) is 1. The minimum atomic E-state index is -0.271. The van der Waals surface area contributed by atoms with Gasteiger partial charge in [0.05, 0.1) is 17.8 Å². The first-order chi connectivity index (χ1) is 16.2. The smallest absolute Gasteiger partial charge is 0.260 e. The van der Waals surface area contributed by atoms with Gasteiger partial charge in [-0.1, -0.05) is 72.3 Å². The molecule has 0 unspecified atom stereocenters. The lowest BCUT2D eigenvalue weighted by Crippen LogP contribution is -2.13. The number of nitrogens with zero attached hydrogens (tertiary/aromatic N) is 4. The fourth-order valence-electron chi connectivity index (χ4n) is 3.54. The highest BCUT2D eigenvalue weighted by Crippen LogP contribution is 2.24. The molecule has 5 rings (SSSR count). The number of benzene rings is 3. The highest BCUT2D eigenvalue weighted by molar-refractivity contribution is 6.30. The molecule has 0 atom stereocenters. The molecule has 162 valence electrons. The van der Waals surface area contributed by atoms with Crippen LogP contribution in [0.5, 0.6) is 0 Å². The van der Waals surface area contributed by atoms with Crippen LogP contribution in [0.15, 0.2) is 103 Å². The van der Waals surface area contributed by atoms with E-state index in [0.717, 1.165) is 16.8 Å². The van der Waals surface area contributed by atoms with Crippen molar-refractivity contribution in [3.8, 4) is 16.9 Å². The summed E-state index contributed by atoms with van der Waals surface area (Å²) in [7, 11) is 0. The molecule has 2 heterocycles. The Labute approximate surface area is 196 Å². The molecule has 33 heavy (non-hydrogen) atoms. The van der Waals surface area contributed by atoms with Crippen LogP contribution in [0, 0.1) is 0 Å². The van der Waals surface area contributed by atoms with E-state index in [9.17, 15) is 4.79 Å². The highest BCUT2D eigenvalue weighted by atomic mass is 35.5. The van der Waals surface area contributed by atoms with E-state index >= 15 is 0 Å². The zero-order valence-electron chi connectivity index (χ0n) is 17.6. The van der Waals surface area contributed by atoms with Crippen LogP contribution in [0.4, 0.5) is 5.82 Å². The third kappa shape index (κ3) is 4.71. The first kappa shape index (κ1) is 20.7. The average molecular weight is 454 g/mol. The quantitative estimate of drug-likeness (QED) is 0.359. The number of hydrogen-bond acceptors (Lipinski definition) is 3. The normalized spacial score (nSPS) is 10.8. The van der Waals surface area contributed by atoms with Gasteiger partial charge in [0.25, 0.3) is 5.91 Å². The second-order valence-corrected chi connectivity index (χ2v) is 7.95. The summed E-state index contributed by atoms with van der Waals surface area (Å²) in [4.78, 5) is 13.2. The van der Waals surface area contributed by atoms with Crippen LogP contribution >= 0.6 is 11.6 Å². The van der Waals surface area contributed by atoms with E-state index in [1.165, 1.54) is 0 Å². The number of aromatic nitrogens is 4. The van der Waals surface area contributed by atoms with Crippen molar-refractivity contribution in [1.29, 1.82) is 0 Å². The molecule has 6 nitrogen and oxygen atoms in total. The van der Waals surface area contributed by atoms with E-state index in [2.05, 4.69) is 10.4 Å². The number of anilines is 1. The number of carbonyl (C=O) groups excluding carboxylic acids is 1. The molecule has 0 saturated heterocycles. The maximum atomic E-state index is 13.2. The zero-order valence-corrected chi connectivity index (χ0v) is 18.4. The summed E-state index contributed by atoms with van der Waals surface area (Å²) >= 11 is 5.96. The Morgan fingerprint density at radius 3 is 2.27 bits per heavy atom. The monoisotopic (exact) mass is 453 g/mol. The molecule has 0 aliphatic heterocycles. The molecular formula is C26H20ClN5O. The first-order valence-corrected chi connectivity index (χ1v) is 10.8. The van der Waals surface area contributed by atoms with Crippen molar-refractivity contribution < 1.29 is 4.79 Å². The second kappa shape index (κ2) is 9.14. The minimum absolute atomic E-state index is 0.271. The molecular weight excluding hydrogens is 434 g/mol. The molecule has 2 aromatic heterocycles. The van der Waals surface area contributed by atoms with Gasteiger partial charge < -0.3 is 5.32 Å². The van der Waals surface area contributed by atoms with Crippen molar-refractivity contribution in [3.63, 3.8) is 0 Å². The Kier molecular flexibility index (Phi) is 5.74. The molecule has 5 aromatic rings. The summed E-state index contributed by atoms with van der Waals surface area (Å²) < 4.78 is 3.49. The van der Waals surface area contributed by atoms with Gasteiger partial charge in [-0.05, 0) is 29.8 Å². The number of carbonyl (C=O) groups is 1. The number of para-hydroxylation sites is 1. The Balaban J connectivity index is 1.41. The van der Waals surface area contributed by atoms with E-state index in [1.807, 2.05) is 91.1 Å². The number of rotatable bonds is 6. The van der Waals surface area contributed by atoms with E-state index in [1.54, 1.807) is 21.6 Å². The largest absolute Gasteiger partial charge is 0.305 e. The molecule has 0 spiro atoms. The zero-order chi connectivity index (χ0) is 22.6. The van der Waals surface area contributed by atoms with E-state index in [4.69, 9.17) is 16.7 Å². The van der Waals surface area contributed by atoms with Gasteiger partial charge in [-0.2, -0.15) is 10.2 Å². The maximum absolute atomic E-state index is 13.2. The fraction of sp³-hybridized carbons (Fsp3) is 0.0385. The molecule has 7 heteroatoms. The summed E-state index contributed by atoms with van der Waals surface area (Å²) in [6.07, 6.45) is 3.58. The van der Waals surface area contributed by atoms with Crippen molar-refractivity contribution in [2.75, 3.05) is 5.32 Å². The van der Waals surface area contributed by atoms with Gasteiger partial charge in [0.2, 0.25) is 0 Å². The number of amides is 1. The Morgan fingerprint density at radius 1 is 0.848 bits per heavy atom. The van der Waals surface area contributed by atoms with Crippen molar-refractivity contribution in [2.45, 2.75) is 6.54 Å². The van der Waals surface area contributed by atoms with Crippen molar-refractivity contribution in [1.82, 2.24) is 19.6 Å². The summed E-state index contributed by atoms with van der Waals surface area (Å²) in [6.45, 7) is 0.578. The van der Waals surface area contributed by atoms with Crippen molar-refractivity contribution in [2.24, 2.45) is 0 Å². The molecule has 0 radical (unpaired) electrons. The van der Waals surface area contributed by atoms with Gasteiger partial charge in [0.1, 0.15) is 5.69 Å². The predicted octanol–water partition coefficient (Wildman–Crippen LogP) is 5.69. The lowest BCUT2D eigenvalue weighted by molar-refractivity contribution is 0.102. The lowest BCUT2D eigenvalue weighted by atomic mass is 10.1. The molecule has 1 N–H and O–H groups in total. The predicted molar refractivity (Wildman–Crippen MR) is 130 cm³/mol. The SMILES string of the molecule is O=C(Nc1ccn(Cc2ccc(Cl)cc2)n1)c1cn(-c2ccccc2)nc1-c1ccccc1. The highest BCUT2D eigenvalue weighted by Gasteiger charge is 2.19. The minimum Gasteiger partial charge on any atom is -0.305 e. The van der Waals surface area contributed by atoms with E-state index < -0.39 is 0 Å². The maximum Gasteiger partial charge on any atom is 0.260 e. The Morgan fingerprint density at radius 2 is 1.55 bits per heavy atom. The third-order valence-electron chi connectivity index (χ3n) is 5.17. The van der Waals surface area contributed by atoms with Crippen LogP contribution in [0.1, 0.15) is 15.9 Å². The average Bonchev–Trinajstić information content (AvgIpc) is 3.49. The molecule has 0 bridgehead atoms. The van der Waals surface area contributed by atoms with Crippen molar-refractivity contribution in [3.05, 3.63) is 120 Å². The molecule has 3 aromatic carbocycles. The fourth-order valence-corrected chi connectivity index (χ4v) is 3.67. The summed E-state index contributed by atoms with van der Waals surface area (Å²) in [6, 6.07) is 28.7. The van der Waals surface area contributed by atoms with E-state index in [-0.39, 0.29) is 5.91 Å². The lowest BCUT2D eigenvalue weighted by Gasteiger charge is -2.04. The van der Waals surface area contributed by atoms with Gasteiger partial charge in [0, 0.05) is 29.0 Å². The Bertz CT molecular complexity index is 1380. The second-order valence-electron chi connectivity index (χ2n) is 7.52. The summed E-state index contributed by atoms with van der Waals surface area (Å²) in [5.74, 6) is 0.202. The third-order valence-corrected chi connectivity index (χ3v) is 5.42. The van der Waals surface area contributed by atoms with Crippen LogP contribution in [-0.2, 0) is 6.54 Å². The topological polar surface area (TPSA) is 64.7 Å². The van der Waals surface area contributed by atoms with E-state index in [0.29, 0.717) is 28.6 Å². The number of halogens is 1. The molecule has 0 aliphatic rings. The van der Waals surface area contributed by atoms with Gasteiger partial charge in [-0.3, -0.25) is 9.48 Å².